The molecule has 0 saturated heterocycles. The van der Waals surface area contributed by atoms with Crippen molar-refractivity contribution in [2.75, 3.05) is 0 Å². The molecule has 1 N–H and O–H groups in total. The number of hydrogen-bond donors (Lipinski definition) is 1. The molecule has 5 heteroatoms. The normalized spacial score (nSPS) is 12.0. The highest BCUT2D eigenvalue weighted by atomic mass is 19.4. The van der Waals surface area contributed by atoms with Crippen molar-refractivity contribution in [3.63, 3.8) is 0 Å². The number of benzene rings is 1. The van der Waals surface area contributed by atoms with Gasteiger partial charge in [-0.2, -0.15) is 13.2 Å². The Labute approximate surface area is 89.4 Å². The number of rotatable bonds is 0. The number of aromatic hydroxyl groups is 1. The molecule has 1 heterocycles. The highest BCUT2D eigenvalue weighted by molar-refractivity contribution is 5.85. The average Bonchev–Trinajstić information content (AvgIpc) is 2.17. The minimum absolute atomic E-state index is 0.0222. The lowest BCUT2D eigenvalue weighted by atomic mass is 10.1. The molecule has 16 heavy (non-hydrogen) atoms. The molecule has 0 bridgehead atoms. The van der Waals surface area contributed by atoms with E-state index in [1.807, 2.05) is 0 Å². The molecule has 2 aromatic rings. The molecule has 0 amide bonds. The number of fused-ring (bicyclic) bond motifs is 1. The Morgan fingerprint density at radius 1 is 1.19 bits per heavy atom. The fourth-order valence-electron chi connectivity index (χ4n) is 1.61. The van der Waals surface area contributed by atoms with Crippen LogP contribution >= 0.6 is 0 Å². The van der Waals surface area contributed by atoms with Crippen molar-refractivity contribution in [3.8, 4) is 5.75 Å². The Morgan fingerprint density at radius 2 is 1.81 bits per heavy atom. The van der Waals surface area contributed by atoms with Gasteiger partial charge in [-0.05, 0) is 13.0 Å². The van der Waals surface area contributed by atoms with Crippen LogP contribution in [0.2, 0.25) is 0 Å². The van der Waals surface area contributed by atoms with Gasteiger partial charge in [-0.3, -0.25) is 0 Å². The third-order valence-electron chi connectivity index (χ3n) is 2.32. The number of alkyl halides is 3. The maximum absolute atomic E-state index is 12.8. The van der Waals surface area contributed by atoms with E-state index >= 15 is 0 Å². The van der Waals surface area contributed by atoms with Crippen LogP contribution in [-0.4, -0.2) is 10.1 Å². The third kappa shape index (κ3) is 1.58. The fourth-order valence-corrected chi connectivity index (χ4v) is 1.61. The predicted molar refractivity (Wildman–Crippen MR) is 53.1 cm³/mol. The van der Waals surface area contributed by atoms with Gasteiger partial charge < -0.3 is 5.11 Å². The topological polar surface area (TPSA) is 33.1 Å². The van der Waals surface area contributed by atoms with Crippen LogP contribution in [0, 0.1) is 6.92 Å². The van der Waals surface area contributed by atoms with Crippen LogP contribution in [0.4, 0.5) is 13.2 Å². The minimum atomic E-state index is -4.59. The van der Waals surface area contributed by atoms with Crippen LogP contribution < -0.4 is 0 Å². The van der Waals surface area contributed by atoms with Gasteiger partial charge in [0.1, 0.15) is 11.3 Å². The Morgan fingerprint density at radius 3 is 2.44 bits per heavy atom. The molecule has 0 atom stereocenters. The second-order valence-electron chi connectivity index (χ2n) is 3.44. The second kappa shape index (κ2) is 3.37. The molecular weight excluding hydrogens is 219 g/mol. The van der Waals surface area contributed by atoms with Crippen LogP contribution in [0.3, 0.4) is 0 Å². The molecule has 0 spiro atoms. The lowest BCUT2D eigenvalue weighted by Crippen LogP contribution is -2.08. The van der Waals surface area contributed by atoms with Crippen LogP contribution in [0.25, 0.3) is 10.9 Å². The molecule has 1 aromatic heterocycles. The third-order valence-corrected chi connectivity index (χ3v) is 2.32. The van der Waals surface area contributed by atoms with Crippen molar-refractivity contribution in [3.05, 3.63) is 35.5 Å². The first-order valence-corrected chi connectivity index (χ1v) is 4.57. The molecular formula is C11H8F3NO. The van der Waals surface area contributed by atoms with E-state index in [0.29, 0.717) is 0 Å². The zero-order chi connectivity index (χ0) is 11.9. The standard InChI is InChI=1S/C11H8F3NO/c1-6-10(16)9(11(12,13)14)7-4-2-3-5-8(7)15-6/h2-5,16H,1H3. The maximum Gasteiger partial charge on any atom is 0.420 e. The Balaban J connectivity index is 2.93. The van der Waals surface area contributed by atoms with Crippen LogP contribution in [0.5, 0.6) is 5.75 Å². The summed E-state index contributed by atoms with van der Waals surface area (Å²) in [5.74, 6) is -0.800. The summed E-state index contributed by atoms with van der Waals surface area (Å²) in [4.78, 5) is 3.90. The lowest BCUT2D eigenvalue weighted by molar-refractivity contribution is -0.137. The van der Waals surface area contributed by atoms with E-state index in [-0.39, 0.29) is 16.6 Å². The maximum atomic E-state index is 12.8. The molecule has 84 valence electrons. The van der Waals surface area contributed by atoms with Crippen molar-refractivity contribution in [1.82, 2.24) is 4.98 Å². The van der Waals surface area contributed by atoms with Crippen LogP contribution in [0.1, 0.15) is 11.3 Å². The van der Waals surface area contributed by atoms with Crippen molar-refractivity contribution >= 4 is 10.9 Å². The molecule has 2 rings (SSSR count). The summed E-state index contributed by atoms with van der Waals surface area (Å²) < 4.78 is 38.3. The van der Waals surface area contributed by atoms with E-state index in [2.05, 4.69) is 4.98 Å². The first kappa shape index (κ1) is 10.7. The summed E-state index contributed by atoms with van der Waals surface area (Å²) in [6.45, 7) is 1.34. The number of pyridine rings is 1. The monoisotopic (exact) mass is 227 g/mol. The van der Waals surface area contributed by atoms with Crippen LogP contribution in [-0.2, 0) is 6.18 Å². The minimum Gasteiger partial charge on any atom is -0.505 e. The first-order valence-electron chi connectivity index (χ1n) is 4.57. The Kier molecular flexibility index (Phi) is 2.26. The quantitative estimate of drug-likeness (QED) is 0.749. The van der Waals surface area contributed by atoms with E-state index in [9.17, 15) is 18.3 Å². The largest absolute Gasteiger partial charge is 0.505 e. The summed E-state index contributed by atoms with van der Waals surface area (Å²) in [6.07, 6.45) is -4.59. The summed E-state index contributed by atoms with van der Waals surface area (Å²) in [7, 11) is 0. The van der Waals surface area contributed by atoms with Gasteiger partial charge in [-0.1, -0.05) is 18.2 Å². The molecule has 0 saturated carbocycles. The SMILES string of the molecule is Cc1nc2ccccc2c(C(F)(F)F)c1O. The van der Waals surface area contributed by atoms with E-state index in [0.717, 1.165) is 0 Å². The number of hydrogen-bond acceptors (Lipinski definition) is 2. The lowest BCUT2D eigenvalue weighted by Gasteiger charge is -2.13. The van der Waals surface area contributed by atoms with E-state index < -0.39 is 17.5 Å². The van der Waals surface area contributed by atoms with Crippen molar-refractivity contribution in [2.45, 2.75) is 13.1 Å². The number of nitrogens with zero attached hydrogens (tertiary/aromatic N) is 1. The van der Waals surface area contributed by atoms with Crippen molar-refractivity contribution in [1.29, 1.82) is 0 Å². The van der Waals surface area contributed by atoms with Gasteiger partial charge in [-0.25, -0.2) is 4.98 Å². The highest BCUT2D eigenvalue weighted by Gasteiger charge is 2.37. The zero-order valence-corrected chi connectivity index (χ0v) is 8.34. The summed E-state index contributed by atoms with van der Waals surface area (Å²) >= 11 is 0. The van der Waals surface area contributed by atoms with E-state index in [4.69, 9.17) is 0 Å². The van der Waals surface area contributed by atoms with Crippen molar-refractivity contribution < 1.29 is 18.3 Å². The zero-order valence-electron chi connectivity index (χ0n) is 8.34. The van der Waals surface area contributed by atoms with Gasteiger partial charge in [0, 0.05) is 5.39 Å². The van der Waals surface area contributed by atoms with E-state index in [1.54, 1.807) is 6.07 Å². The van der Waals surface area contributed by atoms with Gasteiger partial charge in [0.15, 0.2) is 0 Å². The molecule has 2 nitrogen and oxygen atoms in total. The number of aryl methyl sites for hydroxylation is 1. The fraction of sp³-hybridized carbons (Fsp3) is 0.182. The molecule has 0 radical (unpaired) electrons. The smallest absolute Gasteiger partial charge is 0.420 e. The predicted octanol–water partition coefficient (Wildman–Crippen LogP) is 3.27. The molecule has 0 aliphatic carbocycles. The molecule has 0 aliphatic rings. The molecule has 0 unspecified atom stereocenters. The van der Waals surface area contributed by atoms with Gasteiger partial charge in [0.2, 0.25) is 0 Å². The molecule has 0 aliphatic heterocycles. The summed E-state index contributed by atoms with van der Waals surface area (Å²) in [5, 5.41) is 9.36. The first-order chi connectivity index (χ1) is 7.41. The summed E-state index contributed by atoms with van der Waals surface area (Å²) in [5.41, 5.74) is -0.813. The number of para-hydroxylation sites is 1. The van der Waals surface area contributed by atoms with E-state index in [1.165, 1.54) is 25.1 Å². The van der Waals surface area contributed by atoms with Crippen molar-refractivity contribution in [2.24, 2.45) is 0 Å². The van der Waals surface area contributed by atoms with Gasteiger partial charge in [-0.15, -0.1) is 0 Å². The average molecular weight is 227 g/mol. The number of halogens is 3. The Bertz CT molecular complexity index is 549. The van der Waals surface area contributed by atoms with Gasteiger partial charge in [0.25, 0.3) is 0 Å². The number of aromatic nitrogens is 1. The summed E-state index contributed by atoms with van der Waals surface area (Å²) in [6, 6.07) is 5.86. The van der Waals surface area contributed by atoms with Gasteiger partial charge >= 0.3 is 6.18 Å². The Hall–Kier alpha value is -1.78. The second-order valence-corrected chi connectivity index (χ2v) is 3.44. The molecule has 0 fully saturated rings. The molecule has 1 aromatic carbocycles. The van der Waals surface area contributed by atoms with Gasteiger partial charge in [0.05, 0.1) is 11.2 Å². The highest BCUT2D eigenvalue weighted by Crippen LogP contribution is 2.41. The van der Waals surface area contributed by atoms with Crippen LogP contribution in [0.15, 0.2) is 24.3 Å².